The number of ether oxygens (including phenoxy) is 2. The molecule has 0 amide bonds. The molecule has 2 aliphatic heterocycles. The first-order chi connectivity index (χ1) is 14.2. The minimum Gasteiger partial charge on any atom is -0.376 e. The van der Waals surface area contributed by atoms with Crippen LogP contribution in [-0.4, -0.2) is 76.1 Å². The van der Waals surface area contributed by atoms with Crippen molar-refractivity contribution < 1.29 is 9.47 Å². The first-order valence-corrected chi connectivity index (χ1v) is 11.1. The van der Waals surface area contributed by atoms with Crippen LogP contribution in [0.3, 0.4) is 0 Å². The highest BCUT2D eigenvalue weighted by atomic mass is 127. The molecule has 2 heterocycles. The zero-order valence-electron chi connectivity index (χ0n) is 18.8. The third-order valence-electron chi connectivity index (χ3n) is 6.13. The van der Waals surface area contributed by atoms with Crippen molar-refractivity contribution in [3.05, 3.63) is 30.3 Å². The van der Waals surface area contributed by atoms with Gasteiger partial charge in [0.05, 0.1) is 18.8 Å². The van der Waals surface area contributed by atoms with E-state index in [-0.39, 0.29) is 24.0 Å². The molecule has 0 aliphatic carbocycles. The van der Waals surface area contributed by atoms with E-state index in [0.717, 1.165) is 58.1 Å². The standard InChI is InChI=1S/C23H38N4O2.HI/c1-19(26(3)20-9-5-4-6-10-20)17-25-23(24-2)27-14-12-21(13-15-27)29-18-22-11-7-8-16-28-22;/h4-6,9-10,19,21-22H,7-8,11-18H2,1-3H3,(H,24,25);1H. The van der Waals surface area contributed by atoms with Crippen molar-refractivity contribution in [1.29, 1.82) is 0 Å². The Morgan fingerprint density at radius 1 is 1.23 bits per heavy atom. The zero-order valence-corrected chi connectivity index (χ0v) is 21.1. The van der Waals surface area contributed by atoms with Crippen LogP contribution in [0.4, 0.5) is 5.69 Å². The molecule has 1 aromatic rings. The maximum atomic E-state index is 6.14. The molecule has 2 fully saturated rings. The number of likely N-dealkylation sites (N-methyl/N-ethyl adjacent to an activating group) is 1. The summed E-state index contributed by atoms with van der Waals surface area (Å²) in [6.45, 7) is 6.71. The van der Waals surface area contributed by atoms with E-state index < -0.39 is 0 Å². The van der Waals surface area contributed by atoms with Crippen LogP contribution in [0.25, 0.3) is 0 Å². The fraction of sp³-hybridized carbons (Fsp3) is 0.696. The van der Waals surface area contributed by atoms with Crippen LogP contribution in [0.2, 0.25) is 0 Å². The number of anilines is 1. The van der Waals surface area contributed by atoms with Gasteiger partial charge in [0.25, 0.3) is 0 Å². The van der Waals surface area contributed by atoms with Crippen molar-refractivity contribution >= 4 is 35.6 Å². The number of rotatable bonds is 7. The van der Waals surface area contributed by atoms with E-state index in [9.17, 15) is 0 Å². The molecular formula is C23H39IN4O2. The molecule has 0 saturated carbocycles. The number of benzene rings is 1. The lowest BCUT2D eigenvalue weighted by atomic mass is 10.1. The van der Waals surface area contributed by atoms with E-state index in [1.54, 1.807) is 0 Å². The van der Waals surface area contributed by atoms with E-state index in [2.05, 4.69) is 64.4 Å². The van der Waals surface area contributed by atoms with Crippen molar-refractivity contribution in [3.8, 4) is 0 Å². The van der Waals surface area contributed by atoms with Crippen molar-refractivity contribution in [2.75, 3.05) is 51.8 Å². The largest absolute Gasteiger partial charge is 0.376 e. The van der Waals surface area contributed by atoms with E-state index in [1.165, 1.54) is 18.5 Å². The van der Waals surface area contributed by atoms with Crippen LogP contribution in [0.1, 0.15) is 39.0 Å². The second kappa shape index (κ2) is 13.4. The Morgan fingerprint density at radius 2 is 1.97 bits per heavy atom. The SMILES string of the molecule is CN=C(NCC(C)N(C)c1ccccc1)N1CCC(OCC2CCCCO2)CC1.I. The second-order valence-corrected chi connectivity index (χ2v) is 8.23. The molecule has 6 nitrogen and oxygen atoms in total. The Kier molecular flexibility index (Phi) is 11.2. The number of hydrogen-bond donors (Lipinski definition) is 1. The normalized spacial score (nSPS) is 21.6. The minimum absolute atomic E-state index is 0. The average Bonchev–Trinajstić information content (AvgIpc) is 2.79. The van der Waals surface area contributed by atoms with Gasteiger partial charge in [0.2, 0.25) is 0 Å². The third-order valence-corrected chi connectivity index (χ3v) is 6.13. The first-order valence-electron chi connectivity index (χ1n) is 11.1. The van der Waals surface area contributed by atoms with Crippen LogP contribution in [0.5, 0.6) is 0 Å². The van der Waals surface area contributed by atoms with Crippen LogP contribution in [0.15, 0.2) is 35.3 Å². The maximum Gasteiger partial charge on any atom is 0.193 e. The lowest BCUT2D eigenvalue weighted by Crippen LogP contribution is -2.50. The minimum atomic E-state index is 0. The molecule has 1 N–H and O–H groups in total. The predicted octanol–water partition coefficient (Wildman–Crippen LogP) is 3.75. The van der Waals surface area contributed by atoms with Crippen molar-refractivity contribution in [1.82, 2.24) is 10.2 Å². The zero-order chi connectivity index (χ0) is 20.5. The van der Waals surface area contributed by atoms with Crippen LogP contribution >= 0.6 is 24.0 Å². The molecule has 2 aliphatic rings. The molecule has 2 atom stereocenters. The number of piperidine rings is 1. The van der Waals surface area contributed by atoms with Gasteiger partial charge in [-0.05, 0) is 51.2 Å². The molecule has 30 heavy (non-hydrogen) atoms. The van der Waals surface area contributed by atoms with Gasteiger partial charge in [0, 0.05) is 52.1 Å². The van der Waals surface area contributed by atoms with Crippen LogP contribution in [0, 0.1) is 0 Å². The molecule has 2 unspecified atom stereocenters. The Hall–Kier alpha value is -1.06. The number of nitrogens with one attached hydrogen (secondary N) is 1. The molecule has 0 aromatic heterocycles. The third kappa shape index (κ3) is 7.57. The number of likely N-dealkylation sites (tertiary alicyclic amines) is 1. The van der Waals surface area contributed by atoms with Gasteiger partial charge in [-0.3, -0.25) is 4.99 Å². The monoisotopic (exact) mass is 530 g/mol. The van der Waals surface area contributed by atoms with Gasteiger partial charge in [-0.15, -0.1) is 24.0 Å². The summed E-state index contributed by atoms with van der Waals surface area (Å²) >= 11 is 0. The number of hydrogen-bond acceptors (Lipinski definition) is 4. The highest BCUT2D eigenvalue weighted by Crippen LogP contribution is 2.18. The number of nitrogens with zero attached hydrogens (tertiary/aromatic N) is 3. The van der Waals surface area contributed by atoms with Crippen LogP contribution < -0.4 is 10.2 Å². The lowest BCUT2D eigenvalue weighted by Gasteiger charge is -2.36. The van der Waals surface area contributed by atoms with Gasteiger partial charge in [-0.2, -0.15) is 0 Å². The predicted molar refractivity (Wildman–Crippen MR) is 135 cm³/mol. The summed E-state index contributed by atoms with van der Waals surface area (Å²) in [5.74, 6) is 0.993. The number of halogens is 1. The summed E-state index contributed by atoms with van der Waals surface area (Å²) in [7, 11) is 4.01. The summed E-state index contributed by atoms with van der Waals surface area (Å²) in [6.07, 6.45) is 6.36. The van der Waals surface area contributed by atoms with Crippen molar-refractivity contribution in [2.45, 2.75) is 57.3 Å². The molecule has 0 spiro atoms. The quantitative estimate of drug-likeness (QED) is 0.331. The number of para-hydroxylation sites is 1. The van der Waals surface area contributed by atoms with Gasteiger partial charge in [-0.25, -0.2) is 0 Å². The molecule has 1 aromatic carbocycles. The summed E-state index contributed by atoms with van der Waals surface area (Å²) in [5.41, 5.74) is 1.23. The van der Waals surface area contributed by atoms with Gasteiger partial charge in [0.15, 0.2) is 5.96 Å². The maximum absolute atomic E-state index is 6.14. The summed E-state index contributed by atoms with van der Waals surface area (Å²) in [4.78, 5) is 9.17. The van der Waals surface area contributed by atoms with Crippen molar-refractivity contribution in [2.24, 2.45) is 4.99 Å². The number of guanidine groups is 1. The topological polar surface area (TPSA) is 49.3 Å². The van der Waals surface area contributed by atoms with E-state index in [0.29, 0.717) is 18.2 Å². The van der Waals surface area contributed by atoms with Gasteiger partial charge < -0.3 is 24.6 Å². The highest BCUT2D eigenvalue weighted by Gasteiger charge is 2.24. The molecular weight excluding hydrogens is 491 g/mol. The molecule has 170 valence electrons. The van der Waals surface area contributed by atoms with E-state index >= 15 is 0 Å². The Morgan fingerprint density at radius 3 is 2.60 bits per heavy atom. The summed E-state index contributed by atoms with van der Waals surface area (Å²) in [6, 6.07) is 10.9. The highest BCUT2D eigenvalue weighted by molar-refractivity contribution is 14.0. The fourth-order valence-corrected chi connectivity index (χ4v) is 4.04. The van der Waals surface area contributed by atoms with Gasteiger partial charge in [0.1, 0.15) is 0 Å². The molecule has 0 bridgehead atoms. The number of aliphatic imine (C=N–C) groups is 1. The fourth-order valence-electron chi connectivity index (χ4n) is 4.04. The van der Waals surface area contributed by atoms with Gasteiger partial charge >= 0.3 is 0 Å². The molecule has 3 rings (SSSR count). The van der Waals surface area contributed by atoms with Crippen molar-refractivity contribution in [3.63, 3.8) is 0 Å². The Labute approximate surface area is 199 Å². The van der Waals surface area contributed by atoms with E-state index in [4.69, 9.17) is 9.47 Å². The lowest BCUT2D eigenvalue weighted by molar-refractivity contribution is -0.0721. The molecule has 0 radical (unpaired) electrons. The van der Waals surface area contributed by atoms with Crippen LogP contribution in [-0.2, 0) is 9.47 Å². The average molecular weight is 530 g/mol. The molecule has 7 heteroatoms. The van der Waals surface area contributed by atoms with E-state index in [1.807, 2.05) is 7.05 Å². The van der Waals surface area contributed by atoms with Gasteiger partial charge in [-0.1, -0.05) is 18.2 Å². The Balaban J connectivity index is 0.00000320. The smallest absolute Gasteiger partial charge is 0.193 e. The summed E-state index contributed by atoms with van der Waals surface area (Å²) in [5, 5.41) is 3.56. The summed E-state index contributed by atoms with van der Waals surface area (Å²) < 4.78 is 11.9. The molecule has 2 saturated heterocycles. The first kappa shape index (κ1) is 25.2. The Bertz CT molecular complexity index is 617. The second-order valence-electron chi connectivity index (χ2n) is 8.23.